The summed E-state index contributed by atoms with van der Waals surface area (Å²) in [6.07, 6.45) is 5.58. The molecule has 3 N–H and O–H groups in total. The lowest BCUT2D eigenvalue weighted by Gasteiger charge is -2.33. The summed E-state index contributed by atoms with van der Waals surface area (Å²) in [6, 6.07) is 0. The average molecular weight is 270 g/mol. The molecule has 0 saturated heterocycles. The monoisotopic (exact) mass is 270 g/mol. The highest BCUT2D eigenvalue weighted by Gasteiger charge is 2.28. The van der Waals surface area contributed by atoms with Crippen molar-refractivity contribution >= 4 is 6.09 Å². The van der Waals surface area contributed by atoms with Gasteiger partial charge in [-0.05, 0) is 65.3 Å². The van der Waals surface area contributed by atoms with E-state index in [0.29, 0.717) is 11.8 Å². The molecular weight excluding hydrogens is 240 g/mol. The maximum atomic E-state index is 11.8. The van der Waals surface area contributed by atoms with E-state index in [1.165, 1.54) is 12.8 Å². The van der Waals surface area contributed by atoms with Crippen LogP contribution in [0.15, 0.2) is 0 Å². The van der Waals surface area contributed by atoms with E-state index < -0.39 is 0 Å². The lowest BCUT2D eigenvalue weighted by atomic mass is 9.78. The van der Waals surface area contributed by atoms with Crippen molar-refractivity contribution in [2.24, 2.45) is 17.6 Å². The quantitative estimate of drug-likeness (QED) is 0.825. The van der Waals surface area contributed by atoms with Crippen LogP contribution in [-0.2, 0) is 4.74 Å². The minimum atomic E-state index is -0.305. The smallest absolute Gasteiger partial charge is 0.407 e. The van der Waals surface area contributed by atoms with Crippen LogP contribution >= 0.6 is 0 Å². The van der Waals surface area contributed by atoms with E-state index in [9.17, 15) is 4.79 Å². The van der Waals surface area contributed by atoms with Gasteiger partial charge in [0.1, 0.15) is 6.10 Å². The number of carbonyl (C=O) groups is 1. The molecule has 0 bridgehead atoms. The number of alkyl carbamates (subject to hydrolysis) is 1. The Bertz CT molecular complexity index is 284. The lowest BCUT2D eigenvalue weighted by molar-refractivity contribution is 0.0453. The fraction of sp³-hybridized carbons (Fsp3) is 0.933. The Morgan fingerprint density at radius 1 is 1.42 bits per heavy atom. The SMILES string of the molecule is CC(OC(=O)NC(C)(C)C)C1CCCC(CCN)C1. The van der Waals surface area contributed by atoms with E-state index in [-0.39, 0.29) is 17.7 Å². The normalized spacial score (nSPS) is 25.7. The third kappa shape index (κ3) is 6.28. The molecule has 4 nitrogen and oxygen atoms in total. The summed E-state index contributed by atoms with van der Waals surface area (Å²) in [5.41, 5.74) is 5.39. The Balaban J connectivity index is 2.40. The van der Waals surface area contributed by atoms with Gasteiger partial charge in [-0.3, -0.25) is 0 Å². The number of hydrogen-bond acceptors (Lipinski definition) is 3. The zero-order chi connectivity index (χ0) is 14.5. The molecule has 19 heavy (non-hydrogen) atoms. The van der Waals surface area contributed by atoms with E-state index in [1.54, 1.807) is 0 Å². The molecular formula is C15H30N2O2. The van der Waals surface area contributed by atoms with Gasteiger partial charge in [-0.1, -0.05) is 12.8 Å². The molecule has 0 aromatic carbocycles. The van der Waals surface area contributed by atoms with Crippen molar-refractivity contribution in [3.05, 3.63) is 0 Å². The van der Waals surface area contributed by atoms with Crippen LogP contribution < -0.4 is 11.1 Å². The first kappa shape index (κ1) is 16.3. The number of ether oxygens (including phenoxy) is 1. The van der Waals surface area contributed by atoms with Crippen molar-refractivity contribution in [3.63, 3.8) is 0 Å². The summed E-state index contributed by atoms with van der Waals surface area (Å²) in [4.78, 5) is 11.8. The number of amides is 1. The second-order valence-electron chi connectivity index (χ2n) is 6.86. The van der Waals surface area contributed by atoms with Gasteiger partial charge in [0.2, 0.25) is 0 Å². The summed E-state index contributed by atoms with van der Waals surface area (Å²) in [5.74, 6) is 1.19. The predicted octanol–water partition coefficient (Wildman–Crippen LogP) is 3.05. The van der Waals surface area contributed by atoms with Crippen molar-refractivity contribution in [1.29, 1.82) is 0 Å². The van der Waals surface area contributed by atoms with Crippen LogP contribution in [0.2, 0.25) is 0 Å². The van der Waals surface area contributed by atoms with Crippen molar-refractivity contribution in [1.82, 2.24) is 5.32 Å². The van der Waals surface area contributed by atoms with Crippen molar-refractivity contribution in [2.75, 3.05) is 6.54 Å². The Kier molecular flexibility index (Phi) is 6.11. The number of carbonyl (C=O) groups excluding carboxylic acids is 1. The van der Waals surface area contributed by atoms with Crippen molar-refractivity contribution in [3.8, 4) is 0 Å². The number of hydrogen-bond donors (Lipinski definition) is 2. The fourth-order valence-electron chi connectivity index (χ4n) is 2.86. The predicted molar refractivity (Wildman–Crippen MR) is 78.0 cm³/mol. The molecule has 0 heterocycles. The van der Waals surface area contributed by atoms with Crippen LogP contribution in [-0.4, -0.2) is 24.3 Å². The minimum absolute atomic E-state index is 0.0112. The molecule has 0 radical (unpaired) electrons. The summed E-state index contributed by atoms with van der Waals surface area (Å²) in [6.45, 7) is 8.64. The number of nitrogens with two attached hydrogens (primary N) is 1. The molecule has 0 aliphatic heterocycles. The van der Waals surface area contributed by atoms with Gasteiger partial charge in [0.15, 0.2) is 0 Å². The third-order valence-corrected chi connectivity index (χ3v) is 3.83. The first-order chi connectivity index (χ1) is 8.81. The van der Waals surface area contributed by atoms with Gasteiger partial charge < -0.3 is 15.8 Å². The zero-order valence-corrected chi connectivity index (χ0v) is 12.9. The largest absolute Gasteiger partial charge is 0.446 e. The van der Waals surface area contributed by atoms with Gasteiger partial charge in [-0.25, -0.2) is 4.79 Å². The van der Waals surface area contributed by atoms with Crippen LogP contribution in [0.4, 0.5) is 4.79 Å². The molecule has 112 valence electrons. The van der Waals surface area contributed by atoms with E-state index >= 15 is 0 Å². The Hall–Kier alpha value is -0.770. The molecule has 1 saturated carbocycles. The molecule has 3 atom stereocenters. The molecule has 1 amide bonds. The van der Waals surface area contributed by atoms with Gasteiger partial charge in [-0.2, -0.15) is 0 Å². The lowest BCUT2D eigenvalue weighted by Crippen LogP contribution is -2.43. The standard InChI is InChI=1S/C15H30N2O2/c1-11(19-14(18)17-15(2,3)4)13-7-5-6-12(10-13)8-9-16/h11-13H,5-10,16H2,1-4H3,(H,17,18). The second-order valence-corrected chi connectivity index (χ2v) is 6.86. The first-order valence-electron chi connectivity index (χ1n) is 7.50. The van der Waals surface area contributed by atoms with Crippen LogP contribution in [0.25, 0.3) is 0 Å². The van der Waals surface area contributed by atoms with E-state index in [2.05, 4.69) is 5.32 Å². The Morgan fingerprint density at radius 3 is 2.68 bits per heavy atom. The highest BCUT2D eigenvalue weighted by Crippen LogP contribution is 2.33. The highest BCUT2D eigenvalue weighted by atomic mass is 16.6. The summed E-state index contributed by atoms with van der Waals surface area (Å²) < 4.78 is 5.51. The highest BCUT2D eigenvalue weighted by molar-refractivity contribution is 5.68. The maximum Gasteiger partial charge on any atom is 0.407 e. The first-order valence-corrected chi connectivity index (χ1v) is 7.50. The Morgan fingerprint density at radius 2 is 2.11 bits per heavy atom. The van der Waals surface area contributed by atoms with Crippen molar-refractivity contribution < 1.29 is 9.53 Å². The van der Waals surface area contributed by atoms with Crippen LogP contribution in [0.3, 0.4) is 0 Å². The molecule has 1 aliphatic carbocycles. The van der Waals surface area contributed by atoms with Gasteiger partial charge in [-0.15, -0.1) is 0 Å². The Labute approximate surface area is 117 Å². The van der Waals surface area contributed by atoms with Crippen LogP contribution in [0, 0.1) is 11.8 Å². The minimum Gasteiger partial charge on any atom is -0.446 e. The molecule has 0 aromatic heterocycles. The summed E-state index contributed by atoms with van der Waals surface area (Å²) in [7, 11) is 0. The molecule has 1 fully saturated rings. The molecule has 1 aliphatic rings. The molecule has 1 rings (SSSR count). The molecule has 0 aromatic rings. The van der Waals surface area contributed by atoms with Gasteiger partial charge >= 0.3 is 6.09 Å². The van der Waals surface area contributed by atoms with Gasteiger partial charge in [0.05, 0.1) is 0 Å². The molecule has 4 heteroatoms. The average Bonchev–Trinajstić information content (AvgIpc) is 2.27. The summed E-state index contributed by atoms with van der Waals surface area (Å²) >= 11 is 0. The topological polar surface area (TPSA) is 64.3 Å². The third-order valence-electron chi connectivity index (χ3n) is 3.83. The van der Waals surface area contributed by atoms with Crippen molar-refractivity contribution in [2.45, 2.75) is 71.4 Å². The number of rotatable bonds is 4. The van der Waals surface area contributed by atoms with E-state index in [4.69, 9.17) is 10.5 Å². The molecule has 3 unspecified atom stereocenters. The van der Waals surface area contributed by atoms with Crippen LogP contribution in [0.5, 0.6) is 0 Å². The van der Waals surface area contributed by atoms with Gasteiger partial charge in [0, 0.05) is 5.54 Å². The zero-order valence-electron chi connectivity index (χ0n) is 12.9. The number of nitrogens with one attached hydrogen (secondary N) is 1. The maximum absolute atomic E-state index is 11.8. The van der Waals surface area contributed by atoms with E-state index in [0.717, 1.165) is 25.8 Å². The van der Waals surface area contributed by atoms with Crippen LogP contribution in [0.1, 0.15) is 59.8 Å². The summed E-state index contributed by atoms with van der Waals surface area (Å²) in [5, 5.41) is 2.84. The molecule has 0 spiro atoms. The second kappa shape index (κ2) is 7.13. The van der Waals surface area contributed by atoms with Gasteiger partial charge in [0.25, 0.3) is 0 Å². The fourth-order valence-corrected chi connectivity index (χ4v) is 2.86. The van der Waals surface area contributed by atoms with E-state index in [1.807, 2.05) is 27.7 Å².